The van der Waals surface area contributed by atoms with E-state index in [2.05, 4.69) is 15.3 Å². The molecule has 0 radical (unpaired) electrons. The van der Waals surface area contributed by atoms with Gasteiger partial charge in [-0.3, -0.25) is 14.2 Å². The summed E-state index contributed by atoms with van der Waals surface area (Å²) in [5.74, 6) is -0.916. The minimum absolute atomic E-state index is 0.229. The molecule has 0 aliphatic heterocycles. The van der Waals surface area contributed by atoms with E-state index in [1.54, 1.807) is 24.6 Å². The van der Waals surface area contributed by atoms with Crippen LogP contribution >= 0.6 is 11.3 Å². The smallest absolute Gasteiger partial charge is 0.328 e. The molecule has 0 spiro atoms. The van der Waals surface area contributed by atoms with E-state index in [0.717, 1.165) is 4.57 Å². The number of aryl methyl sites for hydroxylation is 2. The number of aromatic nitrogens is 5. The number of imidazole rings is 1. The number of nitrogens with one attached hydrogen (secondary N) is 1. The Labute approximate surface area is 166 Å². The first-order valence-corrected chi connectivity index (χ1v) is 9.35. The summed E-state index contributed by atoms with van der Waals surface area (Å²) >= 11 is 1.18. The fourth-order valence-electron chi connectivity index (χ4n) is 2.92. The van der Waals surface area contributed by atoms with Gasteiger partial charge in [-0.1, -0.05) is 0 Å². The predicted molar refractivity (Wildman–Crippen MR) is 106 cm³/mol. The maximum atomic E-state index is 13.0. The van der Waals surface area contributed by atoms with E-state index in [-0.39, 0.29) is 17.0 Å². The number of anilines is 1. The first-order valence-electron chi connectivity index (χ1n) is 8.47. The highest BCUT2D eigenvalue weighted by atomic mass is 32.1. The molecule has 0 aliphatic rings. The highest BCUT2D eigenvalue weighted by molar-refractivity contribution is 7.14. The molecule has 4 aromatic rings. The zero-order valence-electron chi connectivity index (χ0n) is 15.4. The maximum Gasteiger partial charge on any atom is 0.332 e. The summed E-state index contributed by atoms with van der Waals surface area (Å²) in [5.41, 5.74) is 0.534. The lowest BCUT2D eigenvalue weighted by Crippen LogP contribution is -2.42. The molecule has 148 valence electrons. The molecule has 1 N–H and O–H groups in total. The van der Waals surface area contributed by atoms with Gasteiger partial charge in [0.15, 0.2) is 16.3 Å². The molecular weight excluding hydrogens is 399 g/mol. The molecule has 1 aromatic carbocycles. The number of amides is 1. The quantitative estimate of drug-likeness (QED) is 0.543. The van der Waals surface area contributed by atoms with Crippen LogP contribution in [0.4, 0.5) is 9.52 Å². The number of benzene rings is 1. The van der Waals surface area contributed by atoms with E-state index < -0.39 is 23.7 Å². The largest absolute Gasteiger partial charge is 0.332 e. The molecule has 0 bridgehead atoms. The van der Waals surface area contributed by atoms with Crippen molar-refractivity contribution in [1.29, 1.82) is 0 Å². The van der Waals surface area contributed by atoms with E-state index in [9.17, 15) is 18.8 Å². The molecule has 3 aromatic heterocycles. The Balaban J connectivity index is 1.58. The van der Waals surface area contributed by atoms with Crippen molar-refractivity contribution in [3.8, 4) is 11.3 Å². The normalized spacial score (nSPS) is 11.1. The van der Waals surface area contributed by atoms with Crippen molar-refractivity contribution in [3.05, 3.63) is 62.6 Å². The van der Waals surface area contributed by atoms with Crippen LogP contribution in [-0.4, -0.2) is 29.6 Å². The van der Waals surface area contributed by atoms with Gasteiger partial charge in [0.2, 0.25) is 5.91 Å². The topological polar surface area (TPSA) is 104 Å². The zero-order chi connectivity index (χ0) is 20.7. The van der Waals surface area contributed by atoms with Crippen LogP contribution in [0.15, 0.2) is 45.6 Å². The summed E-state index contributed by atoms with van der Waals surface area (Å²) in [4.78, 5) is 45.9. The number of fused-ring (bicyclic) bond motifs is 1. The second-order valence-corrected chi connectivity index (χ2v) is 7.21. The molecule has 0 fully saturated rings. The minimum atomic E-state index is -0.637. The van der Waals surface area contributed by atoms with Crippen molar-refractivity contribution >= 4 is 33.5 Å². The van der Waals surface area contributed by atoms with Crippen molar-refractivity contribution in [2.24, 2.45) is 14.1 Å². The van der Waals surface area contributed by atoms with Crippen LogP contribution in [0.25, 0.3) is 22.4 Å². The molecule has 0 atom stereocenters. The first kappa shape index (κ1) is 18.7. The molecule has 0 saturated heterocycles. The summed E-state index contributed by atoms with van der Waals surface area (Å²) in [6, 6.07) is 5.82. The summed E-state index contributed by atoms with van der Waals surface area (Å²) in [5, 5.41) is 4.61. The van der Waals surface area contributed by atoms with Gasteiger partial charge in [0, 0.05) is 25.0 Å². The van der Waals surface area contributed by atoms with Crippen molar-refractivity contribution < 1.29 is 9.18 Å². The van der Waals surface area contributed by atoms with Gasteiger partial charge in [-0.05, 0) is 24.3 Å². The Hall–Kier alpha value is -3.60. The first-order chi connectivity index (χ1) is 13.8. The van der Waals surface area contributed by atoms with Crippen LogP contribution in [0.3, 0.4) is 0 Å². The lowest BCUT2D eigenvalue weighted by Gasteiger charge is -2.08. The van der Waals surface area contributed by atoms with Crippen molar-refractivity contribution in [2.45, 2.75) is 6.54 Å². The SMILES string of the molecule is Cn1cnc2c1c(=O)n(CC(=O)Nc1nc(-c3ccc(F)cc3)cs1)c(=O)n2C. The van der Waals surface area contributed by atoms with Crippen LogP contribution in [0.1, 0.15) is 0 Å². The van der Waals surface area contributed by atoms with E-state index in [0.29, 0.717) is 16.4 Å². The summed E-state index contributed by atoms with van der Waals surface area (Å²) in [6.45, 7) is -0.460. The number of halogens is 1. The van der Waals surface area contributed by atoms with Crippen LogP contribution < -0.4 is 16.6 Å². The number of carbonyl (C=O) groups excluding carboxylic acids is 1. The third-order valence-electron chi connectivity index (χ3n) is 4.39. The molecular formula is C18H15FN6O3S. The number of carbonyl (C=O) groups is 1. The molecule has 0 aliphatic carbocycles. The number of thiazole rings is 1. The van der Waals surface area contributed by atoms with Gasteiger partial charge in [0.05, 0.1) is 12.0 Å². The molecule has 4 rings (SSSR count). The highest BCUT2D eigenvalue weighted by Gasteiger charge is 2.17. The number of hydrogen-bond acceptors (Lipinski definition) is 6. The fourth-order valence-corrected chi connectivity index (χ4v) is 3.66. The molecule has 11 heteroatoms. The summed E-state index contributed by atoms with van der Waals surface area (Å²) in [7, 11) is 3.12. The van der Waals surface area contributed by atoms with E-state index in [1.165, 1.54) is 46.0 Å². The second-order valence-electron chi connectivity index (χ2n) is 6.35. The second kappa shape index (κ2) is 7.09. The van der Waals surface area contributed by atoms with E-state index >= 15 is 0 Å². The van der Waals surface area contributed by atoms with Gasteiger partial charge in [-0.2, -0.15) is 0 Å². The average Bonchev–Trinajstić information content (AvgIpc) is 3.31. The number of rotatable bonds is 4. The number of hydrogen-bond donors (Lipinski definition) is 1. The third kappa shape index (κ3) is 3.36. The van der Waals surface area contributed by atoms with Gasteiger partial charge in [-0.25, -0.2) is 23.7 Å². The molecule has 3 heterocycles. The highest BCUT2D eigenvalue weighted by Crippen LogP contribution is 2.25. The van der Waals surface area contributed by atoms with Gasteiger partial charge in [-0.15, -0.1) is 11.3 Å². The average molecular weight is 414 g/mol. The zero-order valence-corrected chi connectivity index (χ0v) is 16.2. The Morgan fingerprint density at radius 3 is 2.66 bits per heavy atom. The van der Waals surface area contributed by atoms with Crippen LogP contribution in [0, 0.1) is 5.82 Å². The standard InChI is InChI=1S/C18H15FN6O3S/c1-23-9-20-15-14(23)16(27)25(18(28)24(15)2)7-13(26)22-17-21-12(8-29-17)10-3-5-11(19)6-4-10/h3-6,8-9H,7H2,1-2H3,(H,21,22,26). The molecule has 29 heavy (non-hydrogen) atoms. The minimum Gasteiger partial charge on any atom is -0.328 e. The van der Waals surface area contributed by atoms with Crippen LogP contribution in [0.5, 0.6) is 0 Å². The Morgan fingerprint density at radius 1 is 1.21 bits per heavy atom. The maximum absolute atomic E-state index is 13.0. The van der Waals surface area contributed by atoms with Crippen LogP contribution in [-0.2, 0) is 25.4 Å². The van der Waals surface area contributed by atoms with Crippen molar-refractivity contribution in [3.63, 3.8) is 0 Å². The summed E-state index contributed by atoms with van der Waals surface area (Å²) < 4.78 is 16.6. The van der Waals surface area contributed by atoms with Crippen LogP contribution in [0.2, 0.25) is 0 Å². The van der Waals surface area contributed by atoms with Crippen molar-refractivity contribution in [1.82, 2.24) is 23.7 Å². The lowest BCUT2D eigenvalue weighted by molar-refractivity contribution is -0.116. The lowest BCUT2D eigenvalue weighted by atomic mass is 10.2. The Bertz CT molecular complexity index is 1350. The molecule has 1 amide bonds. The van der Waals surface area contributed by atoms with E-state index in [1.807, 2.05) is 0 Å². The molecule has 0 unspecified atom stereocenters. The van der Waals surface area contributed by atoms with Gasteiger partial charge >= 0.3 is 5.69 Å². The van der Waals surface area contributed by atoms with E-state index in [4.69, 9.17) is 0 Å². The Kier molecular flexibility index (Phi) is 4.59. The van der Waals surface area contributed by atoms with Gasteiger partial charge in [0.1, 0.15) is 12.4 Å². The predicted octanol–water partition coefficient (Wildman–Crippen LogP) is 1.33. The van der Waals surface area contributed by atoms with Crippen molar-refractivity contribution in [2.75, 3.05) is 5.32 Å². The number of nitrogens with zero attached hydrogens (tertiary/aromatic N) is 5. The summed E-state index contributed by atoms with van der Waals surface area (Å²) in [6.07, 6.45) is 1.43. The molecule has 0 saturated carbocycles. The van der Waals surface area contributed by atoms with Gasteiger partial charge < -0.3 is 9.88 Å². The third-order valence-corrected chi connectivity index (χ3v) is 5.15. The molecule has 9 nitrogen and oxygen atoms in total. The Morgan fingerprint density at radius 2 is 1.93 bits per heavy atom. The monoisotopic (exact) mass is 414 g/mol. The van der Waals surface area contributed by atoms with Gasteiger partial charge in [0.25, 0.3) is 5.56 Å². The fraction of sp³-hybridized carbons (Fsp3) is 0.167.